The van der Waals surface area contributed by atoms with Crippen molar-refractivity contribution < 1.29 is 23.2 Å². The van der Waals surface area contributed by atoms with Crippen LogP contribution in [0.2, 0.25) is 0 Å². The summed E-state index contributed by atoms with van der Waals surface area (Å²) in [5, 5.41) is 16.6. The van der Waals surface area contributed by atoms with E-state index in [0.29, 0.717) is 0 Å². The normalized spacial score (nSPS) is 20.1. The largest absolute Gasteiger partial charge is 0.364 e. The number of nitrogens with one attached hydrogen (secondary N) is 3. The van der Waals surface area contributed by atoms with Gasteiger partial charge in [0.25, 0.3) is 17.7 Å². The number of benzene rings is 1. The van der Waals surface area contributed by atoms with Crippen LogP contribution in [0, 0.1) is 18.3 Å². The monoisotopic (exact) mass is 486 g/mol. The van der Waals surface area contributed by atoms with Crippen LogP contribution < -0.4 is 16.0 Å². The first-order valence-electron chi connectivity index (χ1n) is 10.3. The van der Waals surface area contributed by atoms with Crippen molar-refractivity contribution >= 4 is 40.9 Å². The van der Waals surface area contributed by atoms with Crippen LogP contribution in [0.1, 0.15) is 22.3 Å². The maximum atomic E-state index is 13.6. The summed E-state index contributed by atoms with van der Waals surface area (Å²) in [7, 11) is 0. The van der Waals surface area contributed by atoms with Gasteiger partial charge in [-0.15, -0.1) is 0 Å². The molecule has 1 fully saturated rings. The fourth-order valence-corrected chi connectivity index (χ4v) is 4.71. The molecule has 1 aromatic carbocycles. The Labute approximate surface area is 197 Å². The highest BCUT2D eigenvalue weighted by Crippen LogP contribution is 2.39. The molecular weight excluding hydrogens is 466 g/mol. The van der Waals surface area contributed by atoms with Crippen molar-refractivity contribution in [3.8, 4) is 6.07 Å². The molecule has 0 bridgehead atoms. The summed E-state index contributed by atoms with van der Waals surface area (Å²) in [5.41, 5.74) is 2.08. The number of likely N-dealkylation sites (tertiary alicyclic amines) is 1. The lowest BCUT2D eigenvalue weighted by Gasteiger charge is -2.19. The number of halogens is 2. The Morgan fingerprint density at radius 1 is 1.35 bits per heavy atom. The van der Waals surface area contributed by atoms with Gasteiger partial charge in [0, 0.05) is 23.2 Å². The number of anilines is 2. The summed E-state index contributed by atoms with van der Waals surface area (Å²) in [4.78, 5) is 43.5. The van der Waals surface area contributed by atoms with Crippen molar-refractivity contribution in [3.05, 3.63) is 47.8 Å². The van der Waals surface area contributed by atoms with E-state index >= 15 is 0 Å². The Balaban J connectivity index is 1.38. The van der Waals surface area contributed by atoms with Crippen LogP contribution >= 0.6 is 11.8 Å². The Hall–Kier alpha value is -3.72. The molecule has 0 radical (unpaired) electrons. The highest BCUT2D eigenvalue weighted by Gasteiger charge is 2.47. The molecular formula is C22H20F2N6O3S. The average Bonchev–Trinajstić information content (AvgIpc) is 3.37. The molecule has 12 heteroatoms. The summed E-state index contributed by atoms with van der Waals surface area (Å²) in [6.45, 7) is 0.503. The predicted octanol–water partition coefficient (Wildman–Crippen LogP) is 2.36. The van der Waals surface area contributed by atoms with Gasteiger partial charge in [-0.2, -0.15) is 5.26 Å². The molecule has 0 saturated carbocycles. The van der Waals surface area contributed by atoms with E-state index in [9.17, 15) is 23.2 Å². The summed E-state index contributed by atoms with van der Waals surface area (Å²) in [6, 6.07) is 7.60. The number of amides is 3. The van der Waals surface area contributed by atoms with Gasteiger partial charge in [-0.25, -0.2) is 8.78 Å². The second-order valence-corrected chi connectivity index (χ2v) is 9.11. The zero-order valence-corrected chi connectivity index (χ0v) is 18.8. The minimum atomic E-state index is -3.15. The Morgan fingerprint density at radius 3 is 2.91 bits per heavy atom. The first kappa shape index (κ1) is 23.4. The van der Waals surface area contributed by atoms with Gasteiger partial charge in [0.05, 0.1) is 36.6 Å². The van der Waals surface area contributed by atoms with Crippen LogP contribution in [-0.2, 0) is 9.59 Å². The molecule has 2 atom stereocenters. The third-order valence-corrected chi connectivity index (χ3v) is 6.55. The maximum Gasteiger partial charge on any atom is 0.268 e. The van der Waals surface area contributed by atoms with Crippen LogP contribution in [0.25, 0.3) is 0 Å². The van der Waals surface area contributed by atoms with Gasteiger partial charge >= 0.3 is 0 Å². The zero-order chi connectivity index (χ0) is 24.5. The number of carbonyl (C=O) groups is 3. The first-order chi connectivity index (χ1) is 16.2. The molecule has 0 spiro atoms. The number of aryl methyl sites for hydroxylation is 1. The maximum absolute atomic E-state index is 13.6. The highest BCUT2D eigenvalue weighted by molar-refractivity contribution is 8.01. The van der Waals surface area contributed by atoms with Gasteiger partial charge in [-0.05, 0) is 30.7 Å². The number of pyridine rings is 1. The van der Waals surface area contributed by atoms with Gasteiger partial charge in [-0.1, -0.05) is 17.8 Å². The fourth-order valence-electron chi connectivity index (χ4n) is 3.71. The lowest BCUT2D eigenvalue weighted by molar-refractivity contribution is -0.131. The van der Waals surface area contributed by atoms with Crippen molar-refractivity contribution in [2.75, 3.05) is 23.7 Å². The number of fused-ring (bicyclic) bond motifs is 1. The minimum Gasteiger partial charge on any atom is -0.364 e. The first-order valence-corrected chi connectivity index (χ1v) is 11.2. The van der Waals surface area contributed by atoms with Gasteiger partial charge in [0.2, 0.25) is 5.91 Å². The second-order valence-electron chi connectivity index (χ2n) is 7.96. The number of nitrogens with zero attached hydrogens (tertiary/aromatic N) is 3. The number of alkyl halides is 2. The number of thioether (sulfide) groups is 1. The third kappa shape index (κ3) is 4.94. The Bertz CT molecular complexity index is 1200. The smallest absolute Gasteiger partial charge is 0.268 e. The molecule has 3 amide bonds. The number of hydrogen-bond acceptors (Lipinski definition) is 7. The van der Waals surface area contributed by atoms with E-state index in [-0.39, 0.29) is 11.3 Å². The SMILES string of the molecule is Cc1ccc2c(c1)NC(C(=O)Nc1cnccc1C(=O)NCC(=O)N1CC(F)(F)CC1C#N)S2. The lowest BCUT2D eigenvalue weighted by Crippen LogP contribution is -2.43. The summed E-state index contributed by atoms with van der Waals surface area (Å²) in [5.74, 6) is -5.03. The zero-order valence-electron chi connectivity index (χ0n) is 18.0. The lowest BCUT2D eigenvalue weighted by atomic mass is 10.2. The van der Waals surface area contributed by atoms with Crippen LogP contribution in [0.5, 0.6) is 0 Å². The van der Waals surface area contributed by atoms with Crippen molar-refractivity contribution in [1.82, 2.24) is 15.2 Å². The van der Waals surface area contributed by atoms with Crippen molar-refractivity contribution in [2.45, 2.75) is 35.6 Å². The molecule has 1 saturated heterocycles. The molecule has 34 heavy (non-hydrogen) atoms. The molecule has 9 nitrogen and oxygen atoms in total. The van der Waals surface area contributed by atoms with Gasteiger partial charge < -0.3 is 20.9 Å². The molecule has 176 valence electrons. The number of hydrogen-bond donors (Lipinski definition) is 3. The Kier molecular flexibility index (Phi) is 6.39. The molecule has 0 aliphatic carbocycles. The number of rotatable bonds is 5. The third-order valence-electron chi connectivity index (χ3n) is 5.37. The van der Waals surface area contributed by atoms with Crippen molar-refractivity contribution in [2.24, 2.45) is 0 Å². The summed E-state index contributed by atoms with van der Waals surface area (Å²) in [6.07, 6.45) is 1.92. The molecule has 3 heterocycles. The Morgan fingerprint density at radius 2 is 2.15 bits per heavy atom. The molecule has 2 unspecified atom stereocenters. The van der Waals surface area contributed by atoms with E-state index in [0.717, 1.165) is 21.0 Å². The van der Waals surface area contributed by atoms with Crippen molar-refractivity contribution in [1.29, 1.82) is 5.26 Å². The number of nitriles is 1. The van der Waals surface area contributed by atoms with Crippen LogP contribution in [0.15, 0.2) is 41.6 Å². The number of carbonyl (C=O) groups excluding carboxylic acids is 3. The topological polar surface area (TPSA) is 127 Å². The van der Waals surface area contributed by atoms with E-state index in [1.807, 2.05) is 25.1 Å². The van der Waals surface area contributed by atoms with E-state index in [4.69, 9.17) is 5.26 Å². The van der Waals surface area contributed by atoms with Gasteiger partial charge in [-0.3, -0.25) is 19.4 Å². The summed E-state index contributed by atoms with van der Waals surface area (Å²) >= 11 is 1.33. The van der Waals surface area contributed by atoms with Gasteiger partial charge in [0.1, 0.15) is 6.04 Å². The second kappa shape index (κ2) is 9.26. The molecule has 2 aliphatic heterocycles. The minimum absolute atomic E-state index is 0.0519. The molecule has 2 aliphatic rings. The fraction of sp³-hybridized carbons (Fsp3) is 0.318. The quantitative estimate of drug-likeness (QED) is 0.592. The summed E-state index contributed by atoms with van der Waals surface area (Å²) < 4.78 is 27.2. The van der Waals surface area contributed by atoms with E-state index in [1.54, 1.807) is 6.07 Å². The van der Waals surface area contributed by atoms with Crippen molar-refractivity contribution in [3.63, 3.8) is 0 Å². The molecule has 4 rings (SSSR count). The van der Waals surface area contributed by atoms with E-state index < -0.39 is 54.6 Å². The van der Waals surface area contributed by atoms with Crippen LogP contribution in [0.4, 0.5) is 20.2 Å². The predicted molar refractivity (Wildman–Crippen MR) is 120 cm³/mol. The number of aromatic nitrogens is 1. The molecule has 1 aromatic heterocycles. The highest BCUT2D eigenvalue weighted by atomic mass is 32.2. The van der Waals surface area contributed by atoms with E-state index in [2.05, 4.69) is 20.9 Å². The molecule has 3 N–H and O–H groups in total. The van der Waals surface area contributed by atoms with Crippen LogP contribution in [-0.4, -0.2) is 58.0 Å². The standard InChI is InChI=1S/C22H20F2N6O3S/c1-12-2-3-17-15(6-12)29-21(34-17)20(33)28-16-9-26-5-4-14(16)19(32)27-10-18(31)30-11-22(23,24)7-13(30)8-25/h2-6,9,13,21,29H,7,10-11H2,1H3,(H,27,32)(H,28,33). The van der Waals surface area contributed by atoms with Gasteiger partial charge in [0.15, 0.2) is 5.37 Å². The molecule has 2 aromatic rings. The van der Waals surface area contributed by atoms with Crippen LogP contribution in [0.3, 0.4) is 0 Å². The van der Waals surface area contributed by atoms with E-state index in [1.165, 1.54) is 30.2 Å². The average molecular weight is 487 g/mol.